The summed E-state index contributed by atoms with van der Waals surface area (Å²) < 4.78 is 41.1. The van der Waals surface area contributed by atoms with Gasteiger partial charge in [0.15, 0.2) is 0 Å². The lowest BCUT2D eigenvalue weighted by Gasteiger charge is -2.46. The van der Waals surface area contributed by atoms with Crippen molar-refractivity contribution in [1.29, 1.82) is 0 Å². The van der Waals surface area contributed by atoms with Crippen molar-refractivity contribution in [2.24, 2.45) is 16.5 Å². The Balaban J connectivity index is 0.871. The van der Waals surface area contributed by atoms with E-state index in [1.807, 2.05) is 12.1 Å². The fraction of sp³-hybridized carbons (Fsp3) is 0.512. The van der Waals surface area contributed by atoms with Gasteiger partial charge in [-0.2, -0.15) is 0 Å². The van der Waals surface area contributed by atoms with Gasteiger partial charge < -0.3 is 15.5 Å². The van der Waals surface area contributed by atoms with Crippen molar-refractivity contribution in [3.63, 3.8) is 0 Å². The Morgan fingerprint density at radius 3 is 2.33 bits per heavy atom. The first-order chi connectivity index (χ1) is 27.9. The van der Waals surface area contributed by atoms with Crippen molar-refractivity contribution in [2.75, 3.05) is 43.4 Å². The number of aromatic nitrogens is 3. The number of piperidine rings is 3. The highest BCUT2D eigenvalue weighted by Gasteiger charge is 2.40. The molecule has 15 heteroatoms. The number of sulfonamides is 1. The zero-order chi connectivity index (χ0) is 40.6. The van der Waals surface area contributed by atoms with E-state index >= 15 is 4.39 Å². The number of nitrogen functional groups attached to an aromatic ring is 1. The number of thiazole rings is 1. The van der Waals surface area contributed by atoms with Crippen molar-refractivity contribution in [3.05, 3.63) is 76.7 Å². The van der Waals surface area contributed by atoms with Gasteiger partial charge in [0.1, 0.15) is 11.1 Å². The summed E-state index contributed by atoms with van der Waals surface area (Å²) in [6.07, 6.45) is 11.7. The molecule has 4 fully saturated rings. The van der Waals surface area contributed by atoms with Crippen molar-refractivity contribution in [3.8, 4) is 21.8 Å². The van der Waals surface area contributed by atoms with Crippen LogP contribution in [0.5, 0.6) is 0 Å². The minimum atomic E-state index is -4.03. The van der Waals surface area contributed by atoms with Gasteiger partial charge in [-0.1, -0.05) is 31.2 Å². The highest BCUT2D eigenvalue weighted by molar-refractivity contribution is 7.89. The average molecular weight is 829 g/mol. The number of benzene rings is 2. The molecule has 8 rings (SSSR count). The van der Waals surface area contributed by atoms with Crippen molar-refractivity contribution < 1.29 is 22.4 Å². The number of primary sulfonamides is 1. The van der Waals surface area contributed by atoms with Gasteiger partial charge in [-0.25, -0.2) is 32.9 Å². The molecule has 12 nitrogen and oxygen atoms in total. The topological polar surface area (TPSA) is 178 Å². The molecule has 2 unspecified atom stereocenters. The number of rotatable bonds is 10. The van der Waals surface area contributed by atoms with Gasteiger partial charge in [-0.15, -0.1) is 11.3 Å². The number of nitrogens with one attached hydrogen (secondary N) is 1. The Bertz CT molecular complexity index is 2240. The lowest BCUT2D eigenvalue weighted by molar-refractivity contribution is -0.134. The highest BCUT2D eigenvalue weighted by atomic mass is 32.2. The molecule has 1 saturated carbocycles. The molecule has 0 radical (unpaired) electrons. The fourth-order valence-electron chi connectivity index (χ4n) is 9.83. The molecule has 58 heavy (non-hydrogen) atoms. The second kappa shape index (κ2) is 16.7. The molecule has 5 N–H and O–H groups in total. The van der Waals surface area contributed by atoms with E-state index in [4.69, 9.17) is 15.9 Å². The Kier molecular flexibility index (Phi) is 11.7. The molecule has 2 aromatic carbocycles. The van der Waals surface area contributed by atoms with Crippen LogP contribution in [-0.2, 0) is 19.6 Å². The first-order valence-corrected chi connectivity index (χ1v) is 23.1. The first kappa shape index (κ1) is 40.5. The minimum absolute atomic E-state index is 0.0391. The predicted octanol–water partition coefficient (Wildman–Crippen LogP) is 6.90. The number of halogens is 1. The predicted molar refractivity (Wildman–Crippen MR) is 225 cm³/mol. The molecule has 2 aromatic heterocycles. The monoisotopic (exact) mass is 828 g/mol. The highest BCUT2D eigenvalue weighted by Crippen LogP contribution is 2.51. The molecule has 3 saturated heterocycles. The van der Waals surface area contributed by atoms with E-state index in [1.165, 1.54) is 35.9 Å². The Labute approximate surface area is 344 Å². The van der Waals surface area contributed by atoms with Crippen LogP contribution in [0.4, 0.5) is 16.0 Å². The number of nitrogens with zero attached hydrogens (tertiary/aromatic N) is 5. The summed E-state index contributed by atoms with van der Waals surface area (Å²) in [5.41, 5.74) is 9.74. The second-order valence-corrected chi connectivity index (χ2v) is 19.6. The van der Waals surface area contributed by atoms with Crippen LogP contribution >= 0.6 is 11.3 Å². The van der Waals surface area contributed by atoms with Crippen molar-refractivity contribution >= 4 is 44.8 Å². The van der Waals surface area contributed by atoms with Crippen LogP contribution in [0.25, 0.3) is 21.8 Å². The Morgan fingerprint density at radius 1 is 0.948 bits per heavy atom. The Morgan fingerprint density at radius 2 is 1.67 bits per heavy atom. The van der Waals surface area contributed by atoms with Gasteiger partial charge in [0, 0.05) is 55.0 Å². The first-order valence-electron chi connectivity index (χ1n) is 20.7. The number of imide groups is 1. The minimum Gasteiger partial charge on any atom is -0.372 e. The van der Waals surface area contributed by atoms with Crippen LogP contribution in [0.1, 0.15) is 111 Å². The van der Waals surface area contributed by atoms with E-state index in [0.717, 1.165) is 81.8 Å². The molecule has 2 amide bonds. The lowest BCUT2D eigenvalue weighted by Crippen LogP contribution is -2.45. The lowest BCUT2D eigenvalue weighted by atomic mass is 9.65. The number of nitrogens with two attached hydrogens (primary N) is 2. The molecule has 0 bridgehead atoms. The van der Waals surface area contributed by atoms with Crippen molar-refractivity contribution in [2.45, 2.75) is 94.6 Å². The van der Waals surface area contributed by atoms with Crippen LogP contribution in [0, 0.1) is 17.2 Å². The van der Waals surface area contributed by atoms with E-state index < -0.39 is 21.1 Å². The van der Waals surface area contributed by atoms with Gasteiger partial charge in [-0.05, 0) is 118 Å². The molecule has 308 valence electrons. The molecular formula is C43H53FN8O4S2. The number of carbonyl (C=O) groups is 2. The summed E-state index contributed by atoms with van der Waals surface area (Å²) in [4.78, 5) is 43.3. The van der Waals surface area contributed by atoms with Gasteiger partial charge in [-0.3, -0.25) is 14.9 Å². The van der Waals surface area contributed by atoms with E-state index in [1.54, 1.807) is 31.3 Å². The number of amides is 2. The fourth-order valence-corrected chi connectivity index (χ4v) is 12.1. The third kappa shape index (κ3) is 8.54. The number of hydrogen-bond acceptors (Lipinski definition) is 11. The van der Waals surface area contributed by atoms with Gasteiger partial charge in [0.25, 0.3) is 0 Å². The molecule has 1 aliphatic carbocycles. The molecule has 4 aliphatic rings. The average Bonchev–Trinajstić information content (AvgIpc) is 3.65. The van der Waals surface area contributed by atoms with Crippen LogP contribution < -0.4 is 21.1 Å². The second-order valence-electron chi connectivity index (χ2n) is 16.8. The van der Waals surface area contributed by atoms with Crippen LogP contribution in [-0.4, -0.2) is 72.8 Å². The quantitative estimate of drug-likeness (QED) is 0.143. The zero-order valence-electron chi connectivity index (χ0n) is 33.0. The third-order valence-electron chi connectivity index (χ3n) is 13.3. The largest absolute Gasteiger partial charge is 0.372 e. The summed E-state index contributed by atoms with van der Waals surface area (Å²) in [6, 6.07) is 14.9. The number of anilines is 2. The number of hydrogen-bond donors (Lipinski definition) is 3. The summed E-state index contributed by atoms with van der Waals surface area (Å²) in [5, 5.41) is 7.76. The van der Waals surface area contributed by atoms with E-state index in [-0.39, 0.29) is 47.1 Å². The SMILES string of the molecule is CCC(c1cccc(-c2nc(C3CCC4(CC3)CCN(CC3CCN(c5ccc(C6CCC(=O)NC6=O)cc5)CC3)CC4)sc2-c2ccnc(N)n2)c1F)S(N)(=O)=O. The molecular weight excluding hydrogens is 776 g/mol. The Hall–Kier alpha value is -4.31. The molecule has 5 heterocycles. The molecule has 1 spiro atoms. The zero-order valence-corrected chi connectivity index (χ0v) is 34.7. The maximum atomic E-state index is 16.3. The van der Waals surface area contributed by atoms with Gasteiger partial charge in [0.2, 0.25) is 27.8 Å². The van der Waals surface area contributed by atoms with Crippen LogP contribution in [0.3, 0.4) is 0 Å². The summed E-state index contributed by atoms with van der Waals surface area (Å²) in [7, 11) is -4.03. The number of likely N-dealkylation sites (tertiary alicyclic amines) is 1. The van der Waals surface area contributed by atoms with Crippen LogP contribution in [0.15, 0.2) is 54.7 Å². The summed E-state index contributed by atoms with van der Waals surface area (Å²) in [6.45, 7) is 7.13. The van der Waals surface area contributed by atoms with E-state index in [9.17, 15) is 18.0 Å². The van der Waals surface area contributed by atoms with E-state index in [2.05, 4.69) is 37.2 Å². The number of carbonyl (C=O) groups excluding carboxylic acids is 2. The maximum Gasteiger partial charge on any atom is 0.234 e. The van der Waals surface area contributed by atoms with Gasteiger partial charge in [0.05, 0.1) is 27.2 Å². The third-order valence-corrected chi connectivity index (χ3v) is 15.9. The summed E-state index contributed by atoms with van der Waals surface area (Å²) >= 11 is 1.51. The summed E-state index contributed by atoms with van der Waals surface area (Å²) in [5.74, 6) is -0.242. The van der Waals surface area contributed by atoms with Crippen LogP contribution in [0.2, 0.25) is 0 Å². The standard InChI is InChI=1S/C43H53FN8O4S2/c1-2-35(58(46,55)56)32-4-3-5-33(37(32)44)38-39(34-14-21-47-42(45)48-34)57-41(50-38)29-12-17-43(18-13-29)19-24-51(25-20-43)26-27-15-22-52(23-16-27)30-8-6-28(7-9-30)31-10-11-36(53)49-40(31)54/h3-9,14,21,27,29,31,35H,2,10-13,15-20,22-26H2,1H3,(H2,45,47,48)(H2,46,55,56)(H,49,53,54). The maximum absolute atomic E-state index is 16.3. The molecule has 3 aliphatic heterocycles. The smallest absolute Gasteiger partial charge is 0.234 e. The normalized spacial score (nSPS) is 21.6. The molecule has 4 aromatic rings. The molecule has 2 atom stereocenters. The van der Waals surface area contributed by atoms with Crippen molar-refractivity contribution in [1.82, 2.24) is 25.2 Å². The van der Waals surface area contributed by atoms with Gasteiger partial charge >= 0.3 is 0 Å². The van der Waals surface area contributed by atoms with E-state index in [0.29, 0.717) is 40.4 Å².